The molecule has 0 amide bonds. The molecule has 102 valence electrons. The van der Waals surface area contributed by atoms with Crippen LogP contribution in [0.4, 0.5) is 17.6 Å². The first kappa shape index (κ1) is 14.8. The Morgan fingerprint density at radius 3 is 2.33 bits per heavy atom. The molecule has 1 unspecified atom stereocenters. The minimum absolute atomic E-state index is 0.0491. The molecule has 18 heavy (non-hydrogen) atoms. The molecule has 2 nitrogen and oxygen atoms in total. The number of hydrogen-bond acceptors (Lipinski definition) is 2. The summed E-state index contributed by atoms with van der Waals surface area (Å²) in [5.41, 5.74) is -3.01. The molecule has 0 spiro atoms. The number of methoxy groups -OCH3 is 1. The Bertz CT molecular complexity index is 419. The maximum atomic E-state index is 13.8. The number of hydrogen-bond donors (Lipinski definition) is 1. The first-order chi connectivity index (χ1) is 8.28. The van der Waals surface area contributed by atoms with Gasteiger partial charge in [0.05, 0.1) is 12.7 Å². The topological polar surface area (TPSA) is 21.3 Å². The molecule has 1 aromatic carbocycles. The Morgan fingerprint density at radius 1 is 1.28 bits per heavy atom. The summed E-state index contributed by atoms with van der Waals surface area (Å²) in [7, 11) is 1.21. The van der Waals surface area contributed by atoms with E-state index in [1.807, 2.05) is 0 Å². The highest BCUT2D eigenvalue weighted by Crippen LogP contribution is 2.43. The number of rotatable bonds is 4. The lowest BCUT2D eigenvalue weighted by Gasteiger charge is -2.34. The lowest BCUT2D eigenvalue weighted by molar-refractivity contribution is -0.196. The lowest BCUT2D eigenvalue weighted by Crippen LogP contribution is -2.52. The van der Waals surface area contributed by atoms with Gasteiger partial charge in [-0.2, -0.15) is 13.2 Å². The Morgan fingerprint density at radius 2 is 1.89 bits per heavy atom. The molecule has 0 aromatic heterocycles. The molecule has 6 heteroatoms. The molecule has 0 bridgehead atoms. The second kappa shape index (κ2) is 5.14. The molecule has 1 atom stereocenters. The van der Waals surface area contributed by atoms with E-state index in [-0.39, 0.29) is 12.3 Å². The lowest BCUT2D eigenvalue weighted by atomic mass is 9.89. The summed E-state index contributed by atoms with van der Waals surface area (Å²) < 4.78 is 58.2. The summed E-state index contributed by atoms with van der Waals surface area (Å²) >= 11 is 0. The van der Waals surface area contributed by atoms with Crippen molar-refractivity contribution in [2.45, 2.75) is 25.6 Å². The van der Waals surface area contributed by atoms with Gasteiger partial charge in [-0.1, -0.05) is 13.0 Å². The van der Waals surface area contributed by atoms with Crippen LogP contribution in [-0.2, 0) is 5.54 Å². The van der Waals surface area contributed by atoms with Crippen LogP contribution in [0.2, 0.25) is 0 Å². The predicted octanol–water partition coefficient (Wildman–Crippen LogP) is 3.22. The molecule has 0 aliphatic heterocycles. The van der Waals surface area contributed by atoms with Crippen LogP contribution < -0.4 is 10.1 Å². The van der Waals surface area contributed by atoms with Crippen LogP contribution in [0.3, 0.4) is 0 Å². The third-order valence-electron chi connectivity index (χ3n) is 2.79. The van der Waals surface area contributed by atoms with E-state index < -0.39 is 23.1 Å². The zero-order chi connectivity index (χ0) is 14.0. The van der Waals surface area contributed by atoms with Gasteiger partial charge in [0.15, 0.2) is 0 Å². The van der Waals surface area contributed by atoms with E-state index in [2.05, 4.69) is 5.32 Å². The largest absolute Gasteiger partial charge is 0.496 e. The number of nitrogens with one attached hydrogen (secondary N) is 1. The Labute approximate surface area is 103 Å². The maximum absolute atomic E-state index is 13.8. The van der Waals surface area contributed by atoms with Crippen molar-refractivity contribution in [3.05, 3.63) is 29.6 Å². The van der Waals surface area contributed by atoms with Crippen molar-refractivity contribution in [3.8, 4) is 5.75 Å². The van der Waals surface area contributed by atoms with Gasteiger partial charge in [0.2, 0.25) is 0 Å². The third-order valence-corrected chi connectivity index (χ3v) is 2.79. The van der Waals surface area contributed by atoms with Crippen LogP contribution >= 0.6 is 0 Å². The number of alkyl halides is 3. The van der Waals surface area contributed by atoms with E-state index in [0.717, 1.165) is 13.0 Å². The maximum Gasteiger partial charge on any atom is 0.410 e. The van der Waals surface area contributed by atoms with E-state index in [1.165, 1.54) is 26.2 Å². The molecular weight excluding hydrogens is 250 g/mol. The summed E-state index contributed by atoms with van der Waals surface area (Å²) in [6.45, 7) is 2.47. The van der Waals surface area contributed by atoms with E-state index in [1.54, 1.807) is 0 Å². The average molecular weight is 265 g/mol. The highest BCUT2D eigenvalue weighted by Gasteiger charge is 2.54. The van der Waals surface area contributed by atoms with Crippen LogP contribution in [0.5, 0.6) is 5.75 Å². The summed E-state index contributed by atoms with van der Waals surface area (Å²) in [4.78, 5) is 0. The van der Waals surface area contributed by atoms with Crippen molar-refractivity contribution in [1.29, 1.82) is 0 Å². The smallest absolute Gasteiger partial charge is 0.410 e. The monoisotopic (exact) mass is 265 g/mol. The highest BCUT2D eigenvalue weighted by atomic mass is 19.4. The number of ether oxygens (including phenoxy) is 1. The highest BCUT2D eigenvalue weighted by molar-refractivity contribution is 5.41. The zero-order valence-electron chi connectivity index (χ0n) is 10.4. The second-order valence-corrected chi connectivity index (χ2v) is 3.97. The number of halogens is 4. The summed E-state index contributed by atoms with van der Waals surface area (Å²) in [5.74, 6) is -1.08. The van der Waals surface area contributed by atoms with Crippen LogP contribution in [-0.4, -0.2) is 19.8 Å². The fourth-order valence-electron chi connectivity index (χ4n) is 1.84. The average Bonchev–Trinajstić information content (AvgIpc) is 2.27. The van der Waals surface area contributed by atoms with Crippen LogP contribution in [0.1, 0.15) is 19.4 Å². The van der Waals surface area contributed by atoms with E-state index in [4.69, 9.17) is 4.74 Å². The molecule has 1 rings (SSSR count). The van der Waals surface area contributed by atoms with Gasteiger partial charge in [-0.3, -0.25) is 0 Å². The van der Waals surface area contributed by atoms with E-state index >= 15 is 0 Å². The van der Waals surface area contributed by atoms with Crippen molar-refractivity contribution in [2.24, 2.45) is 0 Å². The normalized spacial score (nSPS) is 15.3. The Hall–Kier alpha value is -1.30. The van der Waals surface area contributed by atoms with Crippen LogP contribution in [0.25, 0.3) is 0 Å². The quantitative estimate of drug-likeness (QED) is 0.844. The standard InChI is InChI=1S/C12H15F4NO/c1-4-17-11(2,12(14,15)16)10-8(13)6-5-7-9(10)18-3/h5-7,17H,4H2,1-3H3. The van der Waals surface area contributed by atoms with Gasteiger partial charge in [-0.15, -0.1) is 0 Å². The molecule has 0 aliphatic rings. The molecule has 0 aliphatic carbocycles. The molecule has 0 fully saturated rings. The van der Waals surface area contributed by atoms with Crippen LogP contribution in [0.15, 0.2) is 18.2 Å². The van der Waals surface area contributed by atoms with E-state index in [9.17, 15) is 17.6 Å². The Balaban J connectivity index is 3.48. The molecule has 1 N–H and O–H groups in total. The molecular formula is C12H15F4NO. The minimum atomic E-state index is -4.64. The van der Waals surface area contributed by atoms with Gasteiger partial charge in [-0.25, -0.2) is 4.39 Å². The summed E-state index contributed by atoms with van der Waals surface area (Å²) in [5, 5.41) is 2.29. The van der Waals surface area contributed by atoms with Crippen molar-refractivity contribution in [2.75, 3.05) is 13.7 Å². The minimum Gasteiger partial charge on any atom is -0.496 e. The van der Waals surface area contributed by atoms with Crippen molar-refractivity contribution in [1.82, 2.24) is 5.32 Å². The van der Waals surface area contributed by atoms with Crippen molar-refractivity contribution < 1.29 is 22.3 Å². The third kappa shape index (κ3) is 2.43. The van der Waals surface area contributed by atoms with E-state index in [0.29, 0.717) is 0 Å². The predicted molar refractivity (Wildman–Crippen MR) is 60.0 cm³/mol. The van der Waals surface area contributed by atoms with Gasteiger partial charge in [0.25, 0.3) is 0 Å². The number of benzene rings is 1. The van der Waals surface area contributed by atoms with Gasteiger partial charge >= 0.3 is 6.18 Å². The zero-order valence-corrected chi connectivity index (χ0v) is 10.4. The summed E-state index contributed by atoms with van der Waals surface area (Å²) in [6.07, 6.45) is -4.64. The first-order valence-corrected chi connectivity index (χ1v) is 5.42. The first-order valence-electron chi connectivity index (χ1n) is 5.42. The summed E-state index contributed by atoms with van der Waals surface area (Å²) in [6, 6.07) is 3.60. The van der Waals surface area contributed by atoms with Gasteiger partial charge < -0.3 is 10.1 Å². The van der Waals surface area contributed by atoms with Crippen molar-refractivity contribution in [3.63, 3.8) is 0 Å². The fraction of sp³-hybridized carbons (Fsp3) is 0.500. The molecule has 0 radical (unpaired) electrons. The van der Waals surface area contributed by atoms with Gasteiger partial charge in [0.1, 0.15) is 17.1 Å². The van der Waals surface area contributed by atoms with Gasteiger partial charge in [0, 0.05) is 0 Å². The van der Waals surface area contributed by atoms with Crippen molar-refractivity contribution >= 4 is 0 Å². The molecule has 0 saturated heterocycles. The fourth-order valence-corrected chi connectivity index (χ4v) is 1.84. The Kier molecular flexibility index (Phi) is 4.21. The molecule has 0 saturated carbocycles. The molecule has 1 aromatic rings. The second-order valence-electron chi connectivity index (χ2n) is 3.97. The SMILES string of the molecule is CCNC(C)(c1c(F)cccc1OC)C(F)(F)F. The molecule has 0 heterocycles. The van der Waals surface area contributed by atoms with Crippen LogP contribution in [0, 0.1) is 5.82 Å². The van der Waals surface area contributed by atoms with Gasteiger partial charge in [-0.05, 0) is 25.6 Å².